The summed E-state index contributed by atoms with van der Waals surface area (Å²) in [6.07, 6.45) is 4.68. The van der Waals surface area contributed by atoms with Gasteiger partial charge in [0.05, 0.1) is 12.4 Å². The molecule has 0 bridgehead atoms. The average Bonchev–Trinajstić information content (AvgIpc) is 3.26. The molecule has 0 saturated carbocycles. The molecule has 1 fully saturated rings. The molecule has 5 atom stereocenters. The van der Waals surface area contributed by atoms with E-state index in [-0.39, 0.29) is 5.82 Å². The quantitative estimate of drug-likeness (QED) is 0.308. The van der Waals surface area contributed by atoms with Crippen LogP contribution in [0.15, 0.2) is 12.7 Å². The fourth-order valence-electron chi connectivity index (χ4n) is 3.57. The van der Waals surface area contributed by atoms with Gasteiger partial charge < -0.3 is 32.2 Å². The molecule has 11 heteroatoms. The molecule has 0 spiro atoms. The van der Waals surface area contributed by atoms with Crippen LogP contribution in [0, 0.1) is 0 Å². The van der Waals surface area contributed by atoms with Crippen molar-refractivity contribution < 1.29 is 14.9 Å². The lowest BCUT2D eigenvalue weighted by Gasteiger charge is -2.20. The van der Waals surface area contributed by atoms with Gasteiger partial charge >= 0.3 is 0 Å². The van der Waals surface area contributed by atoms with E-state index in [1.54, 1.807) is 16.3 Å². The van der Waals surface area contributed by atoms with Crippen LogP contribution in [-0.2, 0) is 4.74 Å². The molecule has 8 N–H and O–H groups in total. The Morgan fingerprint density at radius 3 is 2.66 bits per heavy atom. The zero-order chi connectivity index (χ0) is 20.8. The number of aliphatic hydroxyl groups is 2. The molecule has 3 heterocycles. The van der Waals surface area contributed by atoms with Crippen molar-refractivity contribution in [2.45, 2.75) is 61.9 Å². The predicted octanol–water partition coefficient (Wildman–Crippen LogP) is -0.00260. The molecule has 10 nitrogen and oxygen atoms in total. The number of hydrogen-bond acceptors (Lipinski definition) is 10. The van der Waals surface area contributed by atoms with Crippen LogP contribution in [0.25, 0.3) is 11.2 Å². The number of aliphatic hydroxyl groups excluding tert-OH is 2. The minimum absolute atomic E-state index is 0.258. The number of fused-ring (bicyclic) bond motifs is 1. The van der Waals surface area contributed by atoms with Gasteiger partial charge in [-0.05, 0) is 32.4 Å². The third kappa shape index (κ3) is 5.16. The van der Waals surface area contributed by atoms with Crippen LogP contribution in [0.1, 0.15) is 38.3 Å². The number of anilines is 1. The second-order valence-corrected chi connectivity index (χ2v) is 8.63. The molecule has 1 aliphatic rings. The fourth-order valence-corrected chi connectivity index (χ4v) is 4.95. The van der Waals surface area contributed by atoms with E-state index in [1.807, 2.05) is 0 Å². The van der Waals surface area contributed by atoms with Crippen molar-refractivity contribution >= 4 is 28.7 Å². The number of rotatable bonds is 11. The van der Waals surface area contributed by atoms with Gasteiger partial charge in [0.25, 0.3) is 0 Å². The Balaban J connectivity index is 1.62. The Morgan fingerprint density at radius 2 is 1.90 bits per heavy atom. The molecular weight excluding hydrogens is 394 g/mol. The number of ether oxygens (including phenoxy) is 1. The SMILES string of the molecule is NCCCCC[C@@H](CCN)SC[C@H]1O[C@@H](n2cnc3c(N)ncnc32)[C@H](O)[C@@H]1O. The first-order valence-corrected chi connectivity index (χ1v) is 11.1. The highest BCUT2D eigenvalue weighted by molar-refractivity contribution is 7.99. The number of aromatic nitrogens is 4. The second-order valence-electron chi connectivity index (χ2n) is 7.30. The topological polar surface area (TPSA) is 171 Å². The number of imidazole rings is 1. The third-order valence-corrected chi connectivity index (χ3v) is 6.68. The van der Waals surface area contributed by atoms with E-state index in [4.69, 9.17) is 21.9 Å². The Bertz CT molecular complexity index is 777. The first kappa shape index (κ1) is 22.2. The van der Waals surface area contributed by atoms with Crippen LogP contribution in [-0.4, -0.2) is 72.1 Å². The summed E-state index contributed by atoms with van der Waals surface area (Å²) in [5.74, 6) is 0.827. The molecule has 0 radical (unpaired) electrons. The predicted molar refractivity (Wildman–Crippen MR) is 113 cm³/mol. The molecule has 162 valence electrons. The largest absolute Gasteiger partial charge is 0.387 e. The lowest BCUT2D eigenvalue weighted by atomic mass is 10.1. The second kappa shape index (κ2) is 10.5. The van der Waals surface area contributed by atoms with Gasteiger partial charge in [0, 0.05) is 11.0 Å². The van der Waals surface area contributed by atoms with Crippen LogP contribution < -0.4 is 17.2 Å². The Hall–Kier alpha value is -1.50. The molecule has 0 aromatic carbocycles. The summed E-state index contributed by atoms with van der Waals surface area (Å²) in [6.45, 7) is 1.34. The molecule has 29 heavy (non-hydrogen) atoms. The average molecular weight is 426 g/mol. The first-order valence-electron chi connectivity index (χ1n) is 10.0. The number of nitrogens with zero attached hydrogens (tertiary/aromatic N) is 4. The molecule has 2 aromatic rings. The standard InChI is InChI=1S/C18H31N7O3S/c19-6-3-1-2-4-11(5-7-20)29-8-12-14(26)15(27)18(28-12)25-10-24-13-16(21)22-9-23-17(13)25/h9-12,14-15,18,26-27H,1-8,19-20H2,(H2,21,22,23)/t11-,12+,14+,15+,18+/m0/s1. The van der Waals surface area contributed by atoms with E-state index in [0.29, 0.717) is 28.7 Å². The maximum absolute atomic E-state index is 10.6. The van der Waals surface area contributed by atoms with Gasteiger partial charge in [0.1, 0.15) is 24.1 Å². The van der Waals surface area contributed by atoms with Crippen LogP contribution in [0.4, 0.5) is 5.82 Å². The molecular formula is C18H31N7O3S. The Morgan fingerprint density at radius 1 is 1.07 bits per heavy atom. The minimum atomic E-state index is -1.09. The van der Waals surface area contributed by atoms with Crippen molar-refractivity contribution in [3.63, 3.8) is 0 Å². The van der Waals surface area contributed by atoms with Crippen molar-refractivity contribution in [1.29, 1.82) is 0 Å². The molecule has 1 saturated heterocycles. The van der Waals surface area contributed by atoms with Gasteiger partial charge in [0.15, 0.2) is 17.7 Å². The molecule has 0 amide bonds. The molecule has 0 unspecified atom stereocenters. The van der Waals surface area contributed by atoms with E-state index in [0.717, 1.165) is 38.6 Å². The van der Waals surface area contributed by atoms with Crippen molar-refractivity contribution in [2.24, 2.45) is 11.5 Å². The van der Waals surface area contributed by atoms with E-state index < -0.39 is 24.5 Å². The maximum Gasteiger partial charge on any atom is 0.167 e. The van der Waals surface area contributed by atoms with Gasteiger partial charge in [-0.15, -0.1) is 0 Å². The van der Waals surface area contributed by atoms with Gasteiger partial charge in [0.2, 0.25) is 0 Å². The summed E-state index contributed by atoms with van der Waals surface area (Å²) < 4.78 is 7.60. The lowest BCUT2D eigenvalue weighted by molar-refractivity contribution is -0.0289. The zero-order valence-corrected chi connectivity index (χ0v) is 17.2. The normalized spacial score (nSPS) is 25.7. The smallest absolute Gasteiger partial charge is 0.167 e. The van der Waals surface area contributed by atoms with Gasteiger partial charge in [-0.3, -0.25) is 4.57 Å². The van der Waals surface area contributed by atoms with Crippen molar-refractivity contribution in [1.82, 2.24) is 19.5 Å². The third-order valence-electron chi connectivity index (χ3n) is 5.21. The zero-order valence-electron chi connectivity index (χ0n) is 16.4. The fraction of sp³-hybridized carbons (Fsp3) is 0.722. The Kier molecular flexibility index (Phi) is 8.04. The molecule has 2 aromatic heterocycles. The highest BCUT2D eigenvalue weighted by atomic mass is 32.2. The summed E-state index contributed by atoms with van der Waals surface area (Å²) >= 11 is 1.73. The summed E-state index contributed by atoms with van der Waals surface area (Å²) in [5.41, 5.74) is 18.0. The summed E-state index contributed by atoms with van der Waals surface area (Å²) in [6, 6.07) is 0. The van der Waals surface area contributed by atoms with Crippen LogP contribution >= 0.6 is 11.8 Å². The lowest BCUT2D eigenvalue weighted by Crippen LogP contribution is -2.33. The van der Waals surface area contributed by atoms with Crippen molar-refractivity contribution in [3.8, 4) is 0 Å². The number of unbranched alkanes of at least 4 members (excludes halogenated alkanes) is 2. The van der Waals surface area contributed by atoms with E-state index in [1.165, 1.54) is 12.7 Å². The maximum atomic E-state index is 10.6. The number of thioether (sulfide) groups is 1. The van der Waals surface area contributed by atoms with Crippen LogP contribution in [0.5, 0.6) is 0 Å². The van der Waals surface area contributed by atoms with Crippen molar-refractivity contribution in [2.75, 3.05) is 24.6 Å². The monoisotopic (exact) mass is 425 g/mol. The summed E-state index contributed by atoms with van der Waals surface area (Å²) in [5, 5.41) is 21.5. The minimum Gasteiger partial charge on any atom is -0.387 e. The van der Waals surface area contributed by atoms with Gasteiger partial charge in [-0.1, -0.05) is 12.8 Å². The molecule has 3 rings (SSSR count). The summed E-state index contributed by atoms with van der Waals surface area (Å²) in [4.78, 5) is 12.3. The van der Waals surface area contributed by atoms with Crippen LogP contribution in [0.2, 0.25) is 0 Å². The highest BCUT2D eigenvalue weighted by Crippen LogP contribution is 2.34. The molecule has 1 aliphatic heterocycles. The highest BCUT2D eigenvalue weighted by Gasteiger charge is 2.44. The number of nitrogen functional groups attached to an aromatic ring is 1. The van der Waals surface area contributed by atoms with Crippen molar-refractivity contribution in [3.05, 3.63) is 12.7 Å². The van der Waals surface area contributed by atoms with Gasteiger partial charge in [-0.2, -0.15) is 11.8 Å². The first-order chi connectivity index (χ1) is 14.1. The van der Waals surface area contributed by atoms with E-state index in [9.17, 15) is 10.2 Å². The molecule has 0 aliphatic carbocycles. The van der Waals surface area contributed by atoms with E-state index >= 15 is 0 Å². The number of hydrogen-bond donors (Lipinski definition) is 5. The van der Waals surface area contributed by atoms with Crippen LogP contribution in [0.3, 0.4) is 0 Å². The number of nitrogens with two attached hydrogens (primary N) is 3. The van der Waals surface area contributed by atoms with Gasteiger partial charge in [-0.25, -0.2) is 15.0 Å². The Labute approximate surface area is 174 Å². The summed E-state index contributed by atoms with van der Waals surface area (Å²) in [7, 11) is 0. The van der Waals surface area contributed by atoms with E-state index in [2.05, 4.69) is 15.0 Å².